The first-order valence-electron chi connectivity index (χ1n) is 5.29. The molecule has 0 spiro atoms. The lowest BCUT2D eigenvalue weighted by Gasteiger charge is -2.08. The van der Waals surface area contributed by atoms with Crippen LogP contribution < -0.4 is 11.1 Å². The van der Waals surface area contributed by atoms with E-state index in [0.29, 0.717) is 11.4 Å². The molecule has 0 aromatic heterocycles. The minimum Gasteiger partial charge on any atom is -0.398 e. The lowest BCUT2D eigenvalue weighted by Crippen LogP contribution is -2.13. The van der Waals surface area contributed by atoms with Crippen LogP contribution in [0.3, 0.4) is 0 Å². The molecule has 2 rings (SSSR count). The Morgan fingerprint density at radius 3 is 2.63 bits per heavy atom. The summed E-state index contributed by atoms with van der Waals surface area (Å²) < 4.78 is 14.2. The Morgan fingerprint density at radius 2 is 1.95 bits per heavy atom. The summed E-state index contributed by atoms with van der Waals surface area (Å²) in [6, 6.07) is 9.33. The number of rotatable bonds is 2. The zero-order valence-electron chi connectivity index (χ0n) is 9.58. The van der Waals surface area contributed by atoms with E-state index in [-0.39, 0.29) is 10.0 Å². The maximum atomic E-state index is 13.3. The molecule has 0 unspecified atom stereocenters. The summed E-state index contributed by atoms with van der Waals surface area (Å²) >= 11 is 6.32. The van der Waals surface area contributed by atoms with Crippen molar-refractivity contribution in [2.24, 2.45) is 0 Å². The normalized spacial score (nSPS) is 10.3. The monoisotopic (exact) mass is 386 g/mol. The average molecular weight is 388 g/mol. The van der Waals surface area contributed by atoms with E-state index in [1.54, 1.807) is 18.2 Å². The molecule has 19 heavy (non-hydrogen) atoms. The first kappa shape index (κ1) is 14.0. The molecule has 0 saturated carbocycles. The number of benzene rings is 2. The maximum absolute atomic E-state index is 13.3. The summed E-state index contributed by atoms with van der Waals surface area (Å²) in [5, 5.41) is 2.66. The number of hydrogen-bond donors (Lipinski definition) is 2. The topological polar surface area (TPSA) is 55.1 Å². The number of nitrogen functional groups attached to an aromatic ring is 1. The number of carbonyl (C=O) groups is 1. The van der Waals surface area contributed by atoms with Crippen molar-refractivity contribution < 1.29 is 9.18 Å². The molecule has 0 heterocycles. The SMILES string of the molecule is Nc1cc(NC(=O)c2cccc(F)c2Br)ccc1Br. The van der Waals surface area contributed by atoms with Crippen molar-refractivity contribution in [2.75, 3.05) is 11.1 Å². The van der Waals surface area contributed by atoms with Gasteiger partial charge in [-0.2, -0.15) is 0 Å². The Morgan fingerprint density at radius 1 is 1.21 bits per heavy atom. The highest BCUT2D eigenvalue weighted by Crippen LogP contribution is 2.25. The first-order valence-corrected chi connectivity index (χ1v) is 6.88. The summed E-state index contributed by atoms with van der Waals surface area (Å²) in [7, 11) is 0. The molecule has 2 aromatic carbocycles. The molecule has 3 N–H and O–H groups in total. The van der Waals surface area contributed by atoms with Crippen molar-refractivity contribution in [3.8, 4) is 0 Å². The fourth-order valence-corrected chi connectivity index (χ4v) is 2.19. The van der Waals surface area contributed by atoms with Gasteiger partial charge in [0, 0.05) is 15.8 Å². The summed E-state index contributed by atoms with van der Waals surface area (Å²) in [6.45, 7) is 0. The zero-order valence-corrected chi connectivity index (χ0v) is 12.8. The van der Waals surface area contributed by atoms with E-state index >= 15 is 0 Å². The second-order valence-electron chi connectivity index (χ2n) is 3.79. The van der Waals surface area contributed by atoms with Crippen LogP contribution in [0, 0.1) is 5.82 Å². The van der Waals surface area contributed by atoms with Gasteiger partial charge in [-0.15, -0.1) is 0 Å². The molecule has 0 aliphatic rings. The second-order valence-corrected chi connectivity index (χ2v) is 5.44. The minimum absolute atomic E-state index is 0.137. The molecule has 0 aliphatic carbocycles. The molecule has 0 fully saturated rings. The van der Waals surface area contributed by atoms with Crippen molar-refractivity contribution in [1.29, 1.82) is 0 Å². The summed E-state index contributed by atoms with van der Waals surface area (Å²) in [6.07, 6.45) is 0. The Bertz CT molecular complexity index is 647. The van der Waals surface area contributed by atoms with Gasteiger partial charge in [-0.25, -0.2) is 4.39 Å². The first-order chi connectivity index (χ1) is 8.99. The number of halogens is 3. The Hall–Kier alpha value is -1.40. The molecule has 0 aliphatic heterocycles. The van der Waals surface area contributed by atoms with Gasteiger partial charge < -0.3 is 11.1 Å². The van der Waals surface area contributed by atoms with Gasteiger partial charge in [-0.05, 0) is 62.2 Å². The standard InChI is InChI=1S/C13H9Br2FN2O/c14-9-5-4-7(6-11(9)17)18-13(19)8-2-1-3-10(16)12(8)15/h1-6H,17H2,(H,18,19). The van der Waals surface area contributed by atoms with Gasteiger partial charge in [0.25, 0.3) is 5.91 Å². The summed E-state index contributed by atoms with van der Waals surface area (Å²) in [5.41, 5.74) is 7.00. The highest BCUT2D eigenvalue weighted by molar-refractivity contribution is 9.11. The lowest BCUT2D eigenvalue weighted by atomic mass is 10.2. The van der Waals surface area contributed by atoms with Gasteiger partial charge in [0.05, 0.1) is 10.0 Å². The third-order valence-electron chi connectivity index (χ3n) is 2.45. The van der Waals surface area contributed by atoms with Crippen LogP contribution in [0.2, 0.25) is 0 Å². The predicted molar refractivity (Wildman–Crippen MR) is 80.6 cm³/mol. The smallest absolute Gasteiger partial charge is 0.256 e. The fraction of sp³-hybridized carbons (Fsp3) is 0. The average Bonchev–Trinajstić information content (AvgIpc) is 2.37. The van der Waals surface area contributed by atoms with Crippen molar-refractivity contribution in [1.82, 2.24) is 0 Å². The molecule has 2 aromatic rings. The molecule has 98 valence electrons. The molecule has 0 atom stereocenters. The van der Waals surface area contributed by atoms with Gasteiger partial charge in [0.1, 0.15) is 5.82 Å². The van der Waals surface area contributed by atoms with E-state index in [4.69, 9.17) is 5.73 Å². The van der Waals surface area contributed by atoms with Crippen LogP contribution in [-0.2, 0) is 0 Å². The number of hydrogen-bond acceptors (Lipinski definition) is 2. The zero-order chi connectivity index (χ0) is 14.0. The van der Waals surface area contributed by atoms with Gasteiger partial charge in [0.2, 0.25) is 0 Å². The third kappa shape index (κ3) is 3.13. The van der Waals surface area contributed by atoms with E-state index in [1.807, 2.05) is 0 Å². The van der Waals surface area contributed by atoms with Crippen molar-refractivity contribution in [3.05, 3.63) is 56.7 Å². The number of anilines is 2. The quantitative estimate of drug-likeness (QED) is 0.759. The van der Waals surface area contributed by atoms with Crippen LogP contribution >= 0.6 is 31.9 Å². The summed E-state index contributed by atoms with van der Waals surface area (Å²) in [4.78, 5) is 12.0. The highest BCUT2D eigenvalue weighted by atomic mass is 79.9. The Balaban J connectivity index is 2.26. The molecule has 1 amide bonds. The maximum Gasteiger partial charge on any atom is 0.256 e. The Kier molecular flexibility index (Phi) is 4.21. The Labute approximate surface area is 126 Å². The molecular weight excluding hydrogens is 379 g/mol. The van der Waals surface area contributed by atoms with Crippen LogP contribution in [-0.4, -0.2) is 5.91 Å². The molecular formula is C13H9Br2FN2O. The van der Waals surface area contributed by atoms with Crippen LogP contribution in [0.25, 0.3) is 0 Å². The van der Waals surface area contributed by atoms with Crippen molar-refractivity contribution in [3.63, 3.8) is 0 Å². The second kappa shape index (κ2) is 5.71. The van der Waals surface area contributed by atoms with Gasteiger partial charge in [-0.3, -0.25) is 4.79 Å². The molecule has 3 nitrogen and oxygen atoms in total. The van der Waals surface area contributed by atoms with Crippen LogP contribution in [0.4, 0.5) is 15.8 Å². The van der Waals surface area contributed by atoms with Gasteiger partial charge >= 0.3 is 0 Å². The van der Waals surface area contributed by atoms with E-state index in [0.717, 1.165) is 4.47 Å². The number of nitrogens with two attached hydrogens (primary N) is 1. The molecule has 0 saturated heterocycles. The van der Waals surface area contributed by atoms with Crippen LogP contribution in [0.15, 0.2) is 45.3 Å². The molecule has 0 radical (unpaired) electrons. The minimum atomic E-state index is -0.483. The molecule has 0 bridgehead atoms. The van der Waals surface area contributed by atoms with Gasteiger partial charge in [-0.1, -0.05) is 6.07 Å². The van der Waals surface area contributed by atoms with E-state index in [1.165, 1.54) is 18.2 Å². The van der Waals surface area contributed by atoms with Gasteiger partial charge in [0.15, 0.2) is 0 Å². The third-order valence-corrected chi connectivity index (χ3v) is 3.98. The van der Waals surface area contributed by atoms with Crippen LogP contribution in [0.5, 0.6) is 0 Å². The lowest BCUT2D eigenvalue weighted by molar-refractivity contribution is 0.102. The number of nitrogens with one attached hydrogen (secondary N) is 1. The number of carbonyl (C=O) groups excluding carboxylic acids is 1. The molecule has 6 heteroatoms. The highest BCUT2D eigenvalue weighted by Gasteiger charge is 2.13. The van der Waals surface area contributed by atoms with E-state index in [2.05, 4.69) is 37.2 Å². The van der Waals surface area contributed by atoms with Crippen molar-refractivity contribution >= 4 is 49.1 Å². The van der Waals surface area contributed by atoms with Crippen molar-refractivity contribution in [2.45, 2.75) is 0 Å². The van der Waals surface area contributed by atoms with Crippen LogP contribution in [0.1, 0.15) is 10.4 Å². The number of amides is 1. The van der Waals surface area contributed by atoms with E-state index in [9.17, 15) is 9.18 Å². The largest absolute Gasteiger partial charge is 0.398 e. The van der Waals surface area contributed by atoms with E-state index < -0.39 is 11.7 Å². The summed E-state index contributed by atoms with van der Waals surface area (Å²) in [5.74, 6) is -0.893. The fourth-order valence-electron chi connectivity index (χ4n) is 1.50. The predicted octanol–water partition coefficient (Wildman–Crippen LogP) is 4.19.